The molecule has 0 aliphatic carbocycles. The van der Waals surface area contributed by atoms with E-state index in [1.54, 1.807) is 14.2 Å². The molecule has 0 aliphatic rings. The number of hydrogen-bond donors (Lipinski definition) is 1. The molecule has 1 rings (SSSR count). The van der Waals surface area contributed by atoms with E-state index in [4.69, 9.17) is 9.47 Å². The van der Waals surface area contributed by atoms with Crippen LogP contribution in [-0.2, 0) is 6.54 Å². The molecule has 0 aromatic heterocycles. The third-order valence-electron chi connectivity index (χ3n) is 4.54. The minimum atomic E-state index is 0. The first-order valence-electron chi connectivity index (χ1n) is 9.79. The van der Waals surface area contributed by atoms with Gasteiger partial charge in [-0.15, -0.1) is 24.0 Å². The number of hydrogen-bond acceptors (Lipinski definition) is 4. The molecule has 0 unspecified atom stereocenters. The van der Waals surface area contributed by atoms with Crippen molar-refractivity contribution in [2.45, 2.75) is 38.6 Å². The summed E-state index contributed by atoms with van der Waals surface area (Å²) in [6.07, 6.45) is 6.32. The Morgan fingerprint density at radius 3 is 2.29 bits per heavy atom. The number of nitrogens with zero attached hydrogens (tertiary/aromatic N) is 3. The van der Waals surface area contributed by atoms with Crippen LogP contribution in [0.1, 0.15) is 37.7 Å². The van der Waals surface area contributed by atoms with Crippen LogP contribution < -0.4 is 14.8 Å². The molecule has 0 fully saturated rings. The van der Waals surface area contributed by atoms with Gasteiger partial charge >= 0.3 is 0 Å². The molecule has 1 N–H and O–H groups in total. The minimum absolute atomic E-state index is 0. The lowest BCUT2D eigenvalue weighted by Gasteiger charge is -2.23. The molecule has 0 heterocycles. The van der Waals surface area contributed by atoms with Gasteiger partial charge in [-0.3, -0.25) is 4.99 Å². The van der Waals surface area contributed by atoms with Crippen LogP contribution in [-0.4, -0.2) is 71.3 Å². The van der Waals surface area contributed by atoms with Crippen LogP contribution in [0.25, 0.3) is 0 Å². The maximum absolute atomic E-state index is 5.49. The fraction of sp³-hybridized carbons (Fsp3) is 0.667. The number of benzene rings is 1. The largest absolute Gasteiger partial charge is 0.497 e. The van der Waals surface area contributed by atoms with Crippen LogP contribution in [0, 0.1) is 0 Å². The van der Waals surface area contributed by atoms with Crippen LogP contribution in [0.4, 0.5) is 0 Å². The molecule has 0 radical (unpaired) electrons. The van der Waals surface area contributed by atoms with Crippen LogP contribution in [0.15, 0.2) is 23.2 Å². The van der Waals surface area contributed by atoms with E-state index < -0.39 is 0 Å². The summed E-state index contributed by atoms with van der Waals surface area (Å²) >= 11 is 0. The quantitative estimate of drug-likeness (QED) is 0.202. The summed E-state index contributed by atoms with van der Waals surface area (Å²) in [5, 5.41) is 3.46. The van der Waals surface area contributed by atoms with Crippen molar-refractivity contribution in [1.82, 2.24) is 15.1 Å². The second kappa shape index (κ2) is 15.7. The molecule has 162 valence electrons. The molecule has 28 heavy (non-hydrogen) atoms. The Labute approximate surface area is 188 Å². The number of methoxy groups -OCH3 is 2. The Morgan fingerprint density at radius 1 is 1.00 bits per heavy atom. The monoisotopic (exact) mass is 506 g/mol. The van der Waals surface area contributed by atoms with Crippen molar-refractivity contribution in [3.8, 4) is 11.5 Å². The van der Waals surface area contributed by atoms with Crippen molar-refractivity contribution in [2.24, 2.45) is 4.99 Å². The van der Waals surface area contributed by atoms with Gasteiger partial charge in [0.1, 0.15) is 11.5 Å². The zero-order chi connectivity index (χ0) is 20.1. The van der Waals surface area contributed by atoms with E-state index in [0.717, 1.165) is 36.1 Å². The summed E-state index contributed by atoms with van der Waals surface area (Å²) in [6.45, 7) is 2.85. The highest BCUT2D eigenvalue weighted by molar-refractivity contribution is 14.0. The van der Waals surface area contributed by atoms with E-state index in [9.17, 15) is 0 Å². The van der Waals surface area contributed by atoms with E-state index >= 15 is 0 Å². The van der Waals surface area contributed by atoms with Crippen LogP contribution in [0.3, 0.4) is 0 Å². The highest BCUT2D eigenvalue weighted by atomic mass is 127. The lowest BCUT2D eigenvalue weighted by molar-refractivity contribution is 0.382. The zero-order valence-electron chi connectivity index (χ0n) is 18.5. The van der Waals surface area contributed by atoms with Crippen molar-refractivity contribution in [1.29, 1.82) is 0 Å². The van der Waals surface area contributed by atoms with Gasteiger partial charge in [-0.1, -0.05) is 19.3 Å². The Balaban J connectivity index is 0.00000729. The maximum Gasteiger partial charge on any atom is 0.193 e. The van der Waals surface area contributed by atoms with Gasteiger partial charge in [0, 0.05) is 38.8 Å². The van der Waals surface area contributed by atoms with Gasteiger partial charge in [0.05, 0.1) is 14.2 Å². The maximum atomic E-state index is 5.49. The van der Waals surface area contributed by atoms with Gasteiger partial charge in [-0.2, -0.15) is 0 Å². The Bertz CT molecular complexity index is 567. The third-order valence-corrected chi connectivity index (χ3v) is 4.54. The summed E-state index contributed by atoms with van der Waals surface area (Å²) in [5.74, 6) is 2.53. The van der Waals surface area contributed by atoms with E-state index in [-0.39, 0.29) is 24.0 Å². The van der Waals surface area contributed by atoms with Crippen LogP contribution in [0.5, 0.6) is 11.5 Å². The number of aliphatic imine (C=N–C) groups is 1. The van der Waals surface area contributed by atoms with Gasteiger partial charge < -0.3 is 24.6 Å². The predicted molar refractivity (Wildman–Crippen MR) is 129 cm³/mol. The molecule has 6 nitrogen and oxygen atoms in total. The molecule has 0 saturated carbocycles. The molecule has 0 atom stereocenters. The second-order valence-electron chi connectivity index (χ2n) is 7.08. The van der Waals surface area contributed by atoms with Crippen LogP contribution >= 0.6 is 24.0 Å². The molecule has 0 aliphatic heterocycles. The highest BCUT2D eigenvalue weighted by Gasteiger charge is 2.11. The fourth-order valence-corrected chi connectivity index (χ4v) is 2.98. The van der Waals surface area contributed by atoms with Crippen molar-refractivity contribution in [2.75, 3.05) is 55.5 Å². The van der Waals surface area contributed by atoms with Gasteiger partial charge in [-0.25, -0.2) is 0 Å². The molecule has 1 aromatic rings. The number of halogens is 1. The summed E-state index contributed by atoms with van der Waals surface area (Å²) in [4.78, 5) is 8.76. The smallest absolute Gasteiger partial charge is 0.193 e. The fourth-order valence-electron chi connectivity index (χ4n) is 2.98. The summed E-state index contributed by atoms with van der Waals surface area (Å²) in [7, 11) is 11.5. The lowest BCUT2D eigenvalue weighted by atomic mass is 10.1. The Kier molecular flexibility index (Phi) is 15.0. The minimum Gasteiger partial charge on any atom is -0.497 e. The van der Waals surface area contributed by atoms with E-state index in [2.05, 4.69) is 34.2 Å². The molecule has 1 aromatic carbocycles. The molecule has 0 spiro atoms. The number of nitrogens with one attached hydrogen (secondary N) is 1. The summed E-state index contributed by atoms with van der Waals surface area (Å²) in [6, 6.07) is 5.91. The lowest BCUT2D eigenvalue weighted by Crippen LogP contribution is -2.38. The van der Waals surface area contributed by atoms with E-state index in [0.29, 0.717) is 0 Å². The number of rotatable bonds is 12. The molecular formula is C21H39IN4O2. The van der Waals surface area contributed by atoms with Crippen molar-refractivity contribution >= 4 is 29.9 Å². The van der Waals surface area contributed by atoms with E-state index in [1.807, 2.05) is 32.3 Å². The van der Waals surface area contributed by atoms with Crippen molar-refractivity contribution in [3.05, 3.63) is 23.8 Å². The molecule has 0 amide bonds. The standard InChI is InChI=1S/C21H38N4O2.HI/c1-22-21(23-14-10-8-7-9-11-15-24(2)3)25(4)17-18-12-13-19(26-5)16-20(18)27-6;/h12-13,16H,7-11,14-15,17H2,1-6H3,(H,22,23);1H. The molecular weight excluding hydrogens is 467 g/mol. The summed E-state index contributed by atoms with van der Waals surface area (Å²) < 4.78 is 10.8. The molecule has 0 saturated heterocycles. The van der Waals surface area contributed by atoms with Gasteiger partial charge in [0.15, 0.2) is 5.96 Å². The normalized spacial score (nSPS) is 11.2. The molecule has 7 heteroatoms. The summed E-state index contributed by atoms with van der Waals surface area (Å²) in [5.41, 5.74) is 1.10. The average molecular weight is 506 g/mol. The van der Waals surface area contributed by atoms with Crippen molar-refractivity contribution in [3.63, 3.8) is 0 Å². The highest BCUT2D eigenvalue weighted by Crippen LogP contribution is 2.25. The van der Waals surface area contributed by atoms with Gasteiger partial charge in [-0.05, 0) is 45.6 Å². The zero-order valence-corrected chi connectivity index (χ0v) is 20.8. The van der Waals surface area contributed by atoms with Crippen molar-refractivity contribution < 1.29 is 9.47 Å². The SMILES string of the molecule is CN=C(NCCCCCCCN(C)C)N(C)Cc1ccc(OC)cc1OC.I. The number of unbranched alkanes of at least 4 members (excludes halogenated alkanes) is 4. The van der Waals surface area contributed by atoms with Crippen LogP contribution in [0.2, 0.25) is 0 Å². The second-order valence-corrected chi connectivity index (χ2v) is 7.08. The number of ether oxygens (including phenoxy) is 2. The third kappa shape index (κ3) is 10.4. The Morgan fingerprint density at radius 2 is 1.68 bits per heavy atom. The van der Waals surface area contributed by atoms with Gasteiger partial charge in [0.2, 0.25) is 0 Å². The Hall–Kier alpha value is -1.22. The predicted octanol–water partition coefficient (Wildman–Crippen LogP) is 3.84. The molecule has 0 bridgehead atoms. The topological polar surface area (TPSA) is 49.3 Å². The first-order chi connectivity index (χ1) is 13.0. The average Bonchev–Trinajstić information content (AvgIpc) is 2.66. The van der Waals surface area contributed by atoms with Gasteiger partial charge in [0.25, 0.3) is 0 Å². The van der Waals surface area contributed by atoms with E-state index in [1.165, 1.54) is 38.6 Å². The number of guanidine groups is 1. The first kappa shape index (κ1) is 26.8. The first-order valence-corrected chi connectivity index (χ1v) is 9.79.